The number of hydrogen-bond acceptors (Lipinski definition) is 5. The molecule has 0 radical (unpaired) electrons. The van der Waals surface area contributed by atoms with Crippen molar-refractivity contribution in [3.8, 4) is 11.4 Å². The van der Waals surface area contributed by atoms with Gasteiger partial charge in [-0.1, -0.05) is 16.8 Å². The van der Waals surface area contributed by atoms with E-state index in [1.54, 1.807) is 0 Å². The van der Waals surface area contributed by atoms with Crippen LogP contribution in [-0.2, 0) is 6.54 Å². The van der Waals surface area contributed by atoms with E-state index in [-0.39, 0.29) is 6.04 Å². The maximum atomic E-state index is 5.87. The highest BCUT2D eigenvalue weighted by Crippen LogP contribution is 2.19. The summed E-state index contributed by atoms with van der Waals surface area (Å²) < 4.78 is 5.27. The lowest BCUT2D eigenvalue weighted by atomic mass is 10.2. The van der Waals surface area contributed by atoms with E-state index >= 15 is 0 Å². The predicted octanol–water partition coefficient (Wildman–Crippen LogP) is 1.92. The lowest BCUT2D eigenvalue weighted by Crippen LogP contribution is -2.26. The summed E-state index contributed by atoms with van der Waals surface area (Å²) in [6.07, 6.45) is 1.03. The van der Waals surface area contributed by atoms with E-state index < -0.39 is 0 Å². The Morgan fingerprint density at radius 1 is 1.37 bits per heavy atom. The fourth-order valence-corrected chi connectivity index (χ4v) is 2.36. The van der Waals surface area contributed by atoms with Gasteiger partial charge in [0, 0.05) is 29.7 Å². The van der Waals surface area contributed by atoms with Gasteiger partial charge in [0.05, 0.1) is 6.54 Å². The second kappa shape index (κ2) is 5.28. The van der Waals surface area contributed by atoms with Crippen LogP contribution in [0.4, 0.5) is 0 Å². The molecule has 1 aliphatic rings. The number of nitrogens with two attached hydrogens (primary N) is 1. The molecule has 3 rings (SSSR count). The molecule has 1 saturated heterocycles. The van der Waals surface area contributed by atoms with Crippen molar-refractivity contribution < 1.29 is 4.52 Å². The quantitative estimate of drug-likeness (QED) is 0.929. The molecule has 100 valence electrons. The fourth-order valence-electron chi connectivity index (χ4n) is 2.23. The van der Waals surface area contributed by atoms with Crippen molar-refractivity contribution in [1.82, 2.24) is 15.0 Å². The fraction of sp³-hybridized carbons (Fsp3) is 0.385. The Kier molecular flexibility index (Phi) is 3.50. The van der Waals surface area contributed by atoms with Crippen molar-refractivity contribution in [1.29, 1.82) is 0 Å². The molecule has 2 N–H and O–H groups in total. The summed E-state index contributed by atoms with van der Waals surface area (Å²) in [5.41, 5.74) is 6.77. The molecule has 6 heteroatoms. The zero-order valence-electron chi connectivity index (χ0n) is 10.4. The normalized spacial score (nSPS) is 20.0. The number of nitrogens with zero attached hydrogens (tertiary/aromatic N) is 3. The molecule has 5 nitrogen and oxygen atoms in total. The van der Waals surface area contributed by atoms with E-state index in [9.17, 15) is 0 Å². The van der Waals surface area contributed by atoms with E-state index in [4.69, 9.17) is 21.9 Å². The topological polar surface area (TPSA) is 68.2 Å². The molecule has 1 aromatic carbocycles. The molecular weight excluding hydrogens is 264 g/mol. The van der Waals surface area contributed by atoms with Gasteiger partial charge in [-0.05, 0) is 30.7 Å². The van der Waals surface area contributed by atoms with Gasteiger partial charge in [-0.15, -0.1) is 0 Å². The van der Waals surface area contributed by atoms with Gasteiger partial charge in [0.1, 0.15) is 0 Å². The summed E-state index contributed by atoms with van der Waals surface area (Å²) in [6, 6.07) is 7.64. The lowest BCUT2D eigenvalue weighted by molar-refractivity contribution is 0.265. The van der Waals surface area contributed by atoms with Crippen molar-refractivity contribution in [2.75, 3.05) is 13.1 Å². The van der Waals surface area contributed by atoms with Gasteiger partial charge in [0.15, 0.2) is 0 Å². The van der Waals surface area contributed by atoms with E-state index in [0.29, 0.717) is 23.3 Å². The van der Waals surface area contributed by atoms with Crippen LogP contribution in [0.1, 0.15) is 12.3 Å². The van der Waals surface area contributed by atoms with Crippen LogP contribution in [-0.4, -0.2) is 34.2 Å². The smallest absolute Gasteiger partial charge is 0.241 e. The number of rotatable bonds is 3. The standard InChI is InChI=1S/C13H15ClN4O/c14-10-3-1-9(2-4-10)13-16-12(19-17-13)8-18-6-5-11(15)7-18/h1-4,11H,5-8,15H2. The highest BCUT2D eigenvalue weighted by Gasteiger charge is 2.21. The monoisotopic (exact) mass is 278 g/mol. The third-order valence-electron chi connectivity index (χ3n) is 3.24. The molecule has 0 aliphatic carbocycles. The summed E-state index contributed by atoms with van der Waals surface area (Å²) in [7, 11) is 0. The molecular formula is C13H15ClN4O. The zero-order valence-corrected chi connectivity index (χ0v) is 11.2. The summed E-state index contributed by atoms with van der Waals surface area (Å²) in [4.78, 5) is 6.62. The Morgan fingerprint density at radius 3 is 2.84 bits per heavy atom. The Labute approximate surface area is 116 Å². The maximum absolute atomic E-state index is 5.87. The highest BCUT2D eigenvalue weighted by molar-refractivity contribution is 6.30. The summed E-state index contributed by atoms with van der Waals surface area (Å²) in [5, 5.41) is 4.68. The van der Waals surface area contributed by atoms with Crippen molar-refractivity contribution in [2.45, 2.75) is 19.0 Å². The number of hydrogen-bond donors (Lipinski definition) is 1. The number of benzene rings is 1. The van der Waals surface area contributed by atoms with Crippen LogP contribution in [0.25, 0.3) is 11.4 Å². The van der Waals surface area contributed by atoms with Crippen LogP contribution in [0, 0.1) is 0 Å². The third kappa shape index (κ3) is 2.94. The van der Waals surface area contributed by atoms with Crippen LogP contribution < -0.4 is 5.73 Å². The lowest BCUT2D eigenvalue weighted by Gasteiger charge is -2.10. The predicted molar refractivity (Wildman–Crippen MR) is 72.6 cm³/mol. The van der Waals surface area contributed by atoms with Crippen molar-refractivity contribution >= 4 is 11.6 Å². The minimum Gasteiger partial charge on any atom is -0.338 e. The van der Waals surface area contributed by atoms with Crippen LogP contribution in [0.15, 0.2) is 28.8 Å². The van der Waals surface area contributed by atoms with Crippen molar-refractivity contribution in [3.63, 3.8) is 0 Å². The van der Waals surface area contributed by atoms with Gasteiger partial charge in [-0.3, -0.25) is 4.90 Å². The molecule has 0 bridgehead atoms. The molecule has 1 aliphatic heterocycles. The Bertz CT molecular complexity index is 554. The van der Waals surface area contributed by atoms with Gasteiger partial charge in [-0.25, -0.2) is 0 Å². The van der Waals surface area contributed by atoms with E-state index in [1.165, 1.54) is 0 Å². The Morgan fingerprint density at radius 2 is 2.16 bits per heavy atom. The van der Waals surface area contributed by atoms with Gasteiger partial charge in [0.25, 0.3) is 0 Å². The molecule has 0 amide bonds. The first-order valence-corrected chi connectivity index (χ1v) is 6.65. The molecule has 1 aromatic heterocycles. The van der Waals surface area contributed by atoms with Crippen LogP contribution in [0.5, 0.6) is 0 Å². The minimum absolute atomic E-state index is 0.263. The highest BCUT2D eigenvalue weighted by atomic mass is 35.5. The molecule has 1 unspecified atom stereocenters. The molecule has 1 atom stereocenters. The van der Waals surface area contributed by atoms with Gasteiger partial charge in [0.2, 0.25) is 11.7 Å². The second-order valence-corrected chi connectivity index (χ2v) is 5.24. The number of likely N-dealkylation sites (tertiary alicyclic amines) is 1. The molecule has 0 spiro atoms. The first-order chi connectivity index (χ1) is 9.20. The first kappa shape index (κ1) is 12.6. The minimum atomic E-state index is 0.263. The zero-order chi connectivity index (χ0) is 13.2. The summed E-state index contributed by atoms with van der Waals surface area (Å²) >= 11 is 5.85. The molecule has 19 heavy (non-hydrogen) atoms. The molecule has 1 fully saturated rings. The summed E-state index contributed by atoms with van der Waals surface area (Å²) in [6.45, 7) is 2.53. The number of halogens is 1. The molecule has 2 heterocycles. The average Bonchev–Trinajstić information content (AvgIpc) is 3.00. The van der Waals surface area contributed by atoms with Gasteiger partial charge in [-0.2, -0.15) is 4.98 Å². The SMILES string of the molecule is NC1CCN(Cc2nc(-c3ccc(Cl)cc3)no2)C1. The van der Waals surface area contributed by atoms with E-state index in [2.05, 4.69) is 15.0 Å². The average molecular weight is 279 g/mol. The molecule has 0 saturated carbocycles. The number of aromatic nitrogens is 2. The first-order valence-electron chi connectivity index (χ1n) is 6.27. The molecule has 2 aromatic rings. The largest absolute Gasteiger partial charge is 0.338 e. The van der Waals surface area contributed by atoms with Crippen LogP contribution in [0.2, 0.25) is 5.02 Å². The second-order valence-electron chi connectivity index (χ2n) is 4.80. The van der Waals surface area contributed by atoms with Crippen molar-refractivity contribution in [2.24, 2.45) is 5.73 Å². The van der Waals surface area contributed by atoms with Crippen molar-refractivity contribution in [3.05, 3.63) is 35.2 Å². The van der Waals surface area contributed by atoms with Gasteiger partial charge >= 0.3 is 0 Å². The van der Waals surface area contributed by atoms with E-state index in [1.807, 2.05) is 24.3 Å². The Balaban J connectivity index is 1.71. The van der Waals surface area contributed by atoms with Crippen LogP contribution in [0.3, 0.4) is 0 Å². The Hall–Kier alpha value is -1.43. The van der Waals surface area contributed by atoms with Gasteiger partial charge < -0.3 is 10.3 Å². The third-order valence-corrected chi connectivity index (χ3v) is 3.49. The van der Waals surface area contributed by atoms with E-state index in [0.717, 1.165) is 25.1 Å². The summed E-state index contributed by atoms with van der Waals surface area (Å²) in [5.74, 6) is 1.22. The van der Waals surface area contributed by atoms with Crippen LogP contribution >= 0.6 is 11.6 Å². The maximum Gasteiger partial charge on any atom is 0.241 e.